The van der Waals surface area contributed by atoms with Crippen LogP contribution in [0.2, 0.25) is 0 Å². The molecule has 0 spiro atoms. The van der Waals surface area contributed by atoms with Crippen molar-refractivity contribution in [3.63, 3.8) is 0 Å². The molecule has 0 saturated carbocycles. The van der Waals surface area contributed by atoms with Gasteiger partial charge in [0.2, 0.25) is 12.3 Å². The maximum Gasteiger partial charge on any atom is 0.412 e. The van der Waals surface area contributed by atoms with E-state index in [1.54, 1.807) is 24.5 Å². The van der Waals surface area contributed by atoms with Crippen molar-refractivity contribution in [3.05, 3.63) is 43.1 Å². The predicted octanol–water partition coefficient (Wildman–Crippen LogP) is 3.00. The van der Waals surface area contributed by atoms with Crippen molar-refractivity contribution in [3.8, 4) is 34.1 Å². The van der Waals surface area contributed by atoms with Crippen molar-refractivity contribution >= 4 is 6.09 Å². The molecule has 128 valence electrons. The first-order valence-electron chi connectivity index (χ1n) is 7.68. The number of carbonyl (C=O) groups excluding carboxylic acids is 1. The second kappa shape index (κ2) is 7.43. The van der Waals surface area contributed by atoms with Crippen LogP contribution in [-0.4, -0.2) is 32.9 Å². The minimum absolute atomic E-state index is 0.0331. The Morgan fingerprint density at radius 2 is 2.12 bits per heavy atom. The average molecular weight is 340 g/mol. The zero-order valence-electron chi connectivity index (χ0n) is 13.5. The fourth-order valence-electron chi connectivity index (χ4n) is 2.18. The molecular weight excluding hydrogens is 324 g/mol. The van der Waals surface area contributed by atoms with Gasteiger partial charge in [-0.1, -0.05) is 6.92 Å². The average Bonchev–Trinajstić information content (AvgIpc) is 3.16. The Kier molecular flexibility index (Phi) is 4.89. The number of nitrogens with one attached hydrogen (secondary N) is 1. The van der Waals surface area contributed by atoms with Crippen LogP contribution >= 0.6 is 0 Å². The van der Waals surface area contributed by atoms with Crippen LogP contribution in [-0.2, 0) is 0 Å². The number of amides is 1. The zero-order valence-corrected chi connectivity index (χ0v) is 13.5. The highest BCUT2D eigenvalue weighted by Crippen LogP contribution is 2.33. The normalized spacial score (nSPS) is 10.4. The Morgan fingerprint density at radius 1 is 1.28 bits per heavy atom. The van der Waals surface area contributed by atoms with Gasteiger partial charge in [0, 0.05) is 30.1 Å². The van der Waals surface area contributed by atoms with E-state index in [2.05, 4.69) is 20.5 Å². The van der Waals surface area contributed by atoms with Gasteiger partial charge < -0.3 is 19.6 Å². The Balaban J connectivity index is 1.88. The van der Waals surface area contributed by atoms with Crippen LogP contribution in [0.1, 0.15) is 13.3 Å². The third-order valence-electron chi connectivity index (χ3n) is 3.35. The fourth-order valence-corrected chi connectivity index (χ4v) is 2.18. The van der Waals surface area contributed by atoms with Crippen molar-refractivity contribution in [1.29, 1.82) is 0 Å². The minimum atomic E-state index is -0.545. The van der Waals surface area contributed by atoms with Crippen LogP contribution in [0.3, 0.4) is 0 Å². The summed E-state index contributed by atoms with van der Waals surface area (Å²) in [5.41, 5.74) is 1.70. The van der Waals surface area contributed by atoms with Crippen LogP contribution in [0.15, 0.2) is 47.5 Å². The van der Waals surface area contributed by atoms with Gasteiger partial charge in [-0.25, -0.2) is 4.79 Å². The number of phenolic OH excluding ortho intramolecular Hbond substituents is 1. The molecule has 0 bridgehead atoms. The number of benzene rings is 1. The molecule has 1 amide bonds. The summed E-state index contributed by atoms with van der Waals surface area (Å²) in [4.78, 5) is 15.8. The first-order chi connectivity index (χ1) is 12.2. The molecule has 0 aliphatic rings. The number of hydrogen-bond donors (Lipinski definition) is 2. The SMILES string of the molecule is CCCNC(=O)Oc1ccc(O)c(-c2cncc(-c3nnco3)c2)c1. The lowest BCUT2D eigenvalue weighted by Gasteiger charge is -2.09. The maximum absolute atomic E-state index is 11.7. The van der Waals surface area contributed by atoms with Gasteiger partial charge in [-0.3, -0.25) is 4.98 Å². The van der Waals surface area contributed by atoms with Crippen molar-refractivity contribution in [2.75, 3.05) is 6.54 Å². The van der Waals surface area contributed by atoms with E-state index in [1.807, 2.05) is 6.92 Å². The van der Waals surface area contributed by atoms with E-state index in [0.717, 1.165) is 6.42 Å². The van der Waals surface area contributed by atoms with Crippen molar-refractivity contribution in [2.24, 2.45) is 0 Å². The van der Waals surface area contributed by atoms with E-state index in [0.29, 0.717) is 34.9 Å². The van der Waals surface area contributed by atoms with Crippen LogP contribution in [0.25, 0.3) is 22.6 Å². The molecule has 2 aromatic heterocycles. The van der Waals surface area contributed by atoms with Crippen LogP contribution in [0.5, 0.6) is 11.5 Å². The summed E-state index contributed by atoms with van der Waals surface area (Å²) in [6.45, 7) is 2.47. The van der Waals surface area contributed by atoms with Crippen molar-refractivity contribution in [1.82, 2.24) is 20.5 Å². The number of aromatic hydroxyl groups is 1. The lowest BCUT2D eigenvalue weighted by molar-refractivity contribution is 0.200. The summed E-state index contributed by atoms with van der Waals surface area (Å²) in [6, 6.07) is 6.28. The Hall–Kier alpha value is -3.42. The van der Waals surface area contributed by atoms with E-state index < -0.39 is 6.09 Å². The van der Waals surface area contributed by atoms with Gasteiger partial charge in [0.1, 0.15) is 11.5 Å². The Morgan fingerprint density at radius 3 is 2.88 bits per heavy atom. The topological polar surface area (TPSA) is 110 Å². The van der Waals surface area contributed by atoms with Crippen LogP contribution in [0, 0.1) is 0 Å². The molecule has 3 rings (SSSR count). The molecule has 0 fully saturated rings. The number of carbonyl (C=O) groups is 1. The number of pyridine rings is 1. The van der Waals surface area contributed by atoms with Crippen LogP contribution in [0.4, 0.5) is 4.79 Å². The molecule has 0 unspecified atom stereocenters. The molecule has 8 nitrogen and oxygen atoms in total. The zero-order chi connectivity index (χ0) is 17.6. The van der Waals surface area contributed by atoms with Gasteiger partial charge in [-0.15, -0.1) is 10.2 Å². The number of ether oxygens (including phenoxy) is 1. The van der Waals surface area contributed by atoms with E-state index in [1.165, 1.54) is 18.5 Å². The van der Waals surface area contributed by atoms with Crippen LogP contribution < -0.4 is 10.1 Å². The molecule has 1 aromatic carbocycles. The van der Waals surface area contributed by atoms with Gasteiger partial charge in [0.05, 0.1) is 5.56 Å². The number of phenols is 1. The van der Waals surface area contributed by atoms with Gasteiger partial charge in [0.15, 0.2) is 0 Å². The third-order valence-corrected chi connectivity index (χ3v) is 3.35. The second-order valence-corrected chi connectivity index (χ2v) is 5.20. The monoisotopic (exact) mass is 340 g/mol. The predicted molar refractivity (Wildman–Crippen MR) is 88.9 cm³/mol. The first-order valence-corrected chi connectivity index (χ1v) is 7.68. The molecular formula is C17H16N4O4. The highest BCUT2D eigenvalue weighted by Gasteiger charge is 2.12. The standard InChI is InChI=1S/C17H16N4O4/c1-2-5-19-17(23)25-13-3-4-15(22)14(7-13)11-6-12(9-18-8-11)16-21-20-10-24-16/h3-4,6-10,22H,2,5H2,1H3,(H,19,23). The molecule has 2 N–H and O–H groups in total. The summed E-state index contributed by atoms with van der Waals surface area (Å²) in [5.74, 6) is 0.663. The lowest BCUT2D eigenvalue weighted by Crippen LogP contribution is -2.27. The molecule has 3 aromatic rings. The summed E-state index contributed by atoms with van der Waals surface area (Å²) >= 11 is 0. The number of aromatic nitrogens is 3. The third kappa shape index (κ3) is 3.92. The van der Waals surface area contributed by atoms with Crippen molar-refractivity contribution in [2.45, 2.75) is 13.3 Å². The summed E-state index contributed by atoms with van der Waals surface area (Å²) < 4.78 is 10.4. The first kappa shape index (κ1) is 16.4. The fraction of sp³-hybridized carbons (Fsp3) is 0.176. The maximum atomic E-state index is 11.7. The number of rotatable bonds is 5. The van der Waals surface area contributed by atoms with Gasteiger partial charge in [-0.2, -0.15) is 0 Å². The molecule has 0 atom stereocenters. The van der Waals surface area contributed by atoms with E-state index in [-0.39, 0.29) is 5.75 Å². The lowest BCUT2D eigenvalue weighted by atomic mass is 10.0. The molecule has 2 heterocycles. The molecule has 0 saturated heterocycles. The molecule has 0 radical (unpaired) electrons. The summed E-state index contributed by atoms with van der Waals surface area (Å²) in [7, 11) is 0. The summed E-state index contributed by atoms with van der Waals surface area (Å²) in [6.07, 6.45) is 4.64. The van der Waals surface area contributed by atoms with Gasteiger partial charge in [-0.05, 0) is 30.7 Å². The van der Waals surface area contributed by atoms with E-state index in [9.17, 15) is 9.90 Å². The van der Waals surface area contributed by atoms with E-state index >= 15 is 0 Å². The Labute approximate surface area is 143 Å². The number of hydrogen-bond acceptors (Lipinski definition) is 7. The highest BCUT2D eigenvalue weighted by molar-refractivity contribution is 5.76. The minimum Gasteiger partial charge on any atom is -0.507 e. The molecule has 0 aliphatic heterocycles. The molecule has 25 heavy (non-hydrogen) atoms. The summed E-state index contributed by atoms with van der Waals surface area (Å²) in [5, 5.41) is 20.2. The number of nitrogens with zero attached hydrogens (tertiary/aromatic N) is 3. The quantitative estimate of drug-likeness (QED) is 0.734. The largest absolute Gasteiger partial charge is 0.507 e. The molecule has 0 aliphatic carbocycles. The van der Waals surface area contributed by atoms with Gasteiger partial charge in [0.25, 0.3) is 0 Å². The van der Waals surface area contributed by atoms with Crippen molar-refractivity contribution < 1.29 is 19.1 Å². The van der Waals surface area contributed by atoms with Gasteiger partial charge >= 0.3 is 6.09 Å². The highest BCUT2D eigenvalue weighted by atomic mass is 16.6. The second-order valence-electron chi connectivity index (χ2n) is 5.20. The molecule has 8 heteroatoms. The Bertz CT molecular complexity index is 865. The smallest absolute Gasteiger partial charge is 0.412 e. The van der Waals surface area contributed by atoms with E-state index in [4.69, 9.17) is 9.15 Å².